The smallest absolute Gasteiger partial charge is 0.374 e. The van der Waals surface area contributed by atoms with Gasteiger partial charge in [-0.05, 0) is 24.3 Å². The Kier molecular flexibility index (Phi) is 6.87. The third-order valence-corrected chi connectivity index (χ3v) is 4.69. The van der Waals surface area contributed by atoms with Crippen LogP contribution in [0.4, 0.5) is 0 Å². The fourth-order valence-electron chi connectivity index (χ4n) is 3.08. The highest BCUT2D eigenvalue weighted by atomic mass is 16.6. The van der Waals surface area contributed by atoms with Crippen LogP contribution in [0.5, 0.6) is 0 Å². The van der Waals surface area contributed by atoms with Crippen molar-refractivity contribution in [3.8, 4) is 0 Å². The lowest BCUT2D eigenvalue weighted by Crippen LogP contribution is -2.38. The van der Waals surface area contributed by atoms with Crippen LogP contribution in [-0.4, -0.2) is 50.1 Å². The van der Waals surface area contributed by atoms with Crippen LogP contribution in [0.3, 0.4) is 0 Å². The first kappa shape index (κ1) is 22.6. The zero-order chi connectivity index (χ0) is 23.9. The topological polar surface area (TPSA) is 137 Å². The van der Waals surface area contributed by atoms with E-state index in [-0.39, 0.29) is 24.6 Å². The molecule has 10 nitrogen and oxygen atoms in total. The van der Waals surface area contributed by atoms with Crippen LogP contribution in [0, 0.1) is 0 Å². The Labute approximate surface area is 192 Å². The monoisotopic (exact) mass is 464 g/mol. The fraction of sp³-hybridized carbons (Fsp3) is 0.167. The molecular weight excluding hydrogens is 444 g/mol. The van der Waals surface area contributed by atoms with Gasteiger partial charge in [-0.3, -0.25) is 9.59 Å². The Morgan fingerprint density at radius 3 is 1.47 bits per heavy atom. The lowest BCUT2D eigenvalue weighted by Gasteiger charge is -2.07. The van der Waals surface area contributed by atoms with E-state index in [1.165, 1.54) is 12.1 Å². The average Bonchev–Trinajstić information content (AvgIpc) is 3.48. The molecule has 2 aromatic heterocycles. The number of carbonyl (C=O) groups is 4. The maximum Gasteiger partial charge on any atom is 0.374 e. The molecule has 10 heteroatoms. The maximum atomic E-state index is 12.0. The molecule has 174 valence electrons. The Bertz CT molecular complexity index is 1180. The Morgan fingerprint density at radius 1 is 0.647 bits per heavy atom. The largest absolute Gasteiger partial charge is 0.450 e. The zero-order valence-corrected chi connectivity index (χ0v) is 17.9. The summed E-state index contributed by atoms with van der Waals surface area (Å²) in [5.41, 5.74) is 1.08. The van der Waals surface area contributed by atoms with Crippen molar-refractivity contribution in [2.75, 3.05) is 26.3 Å². The molecule has 0 aliphatic heterocycles. The molecule has 2 aromatic carbocycles. The van der Waals surface area contributed by atoms with Gasteiger partial charge in [-0.2, -0.15) is 0 Å². The number of amides is 2. The number of benzene rings is 2. The molecule has 0 radical (unpaired) electrons. The third kappa shape index (κ3) is 5.60. The first-order chi connectivity index (χ1) is 16.5. The maximum absolute atomic E-state index is 12.0. The molecule has 34 heavy (non-hydrogen) atoms. The van der Waals surface area contributed by atoms with Crippen LogP contribution < -0.4 is 10.6 Å². The Balaban J connectivity index is 1.11. The minimum absolute atomic E-state index is 0.00143. The molecule has 4 rings (SSSR count). The van der Waals surface area contributed by atoms with Gasteiger partial charge in [0.15, 0.2) is 13.2 Å². The predicted octanol–water partition coefficient (Wildman–Crippen LogP) is 2.43. The predicted molar refractivity (Wildman–Crippen MR) is 119 cm³/mol. The second-order valence-corrected chi connectivity index (χ2v) is 7.15. The van der Waals surface area contributed by atoms with E-state index in [4.69, 9.17) is 18.3 Å². The van der Waals surface area contributed by atoms with Gasteiger partial charge in [0, 0.05) is 23.9 Å². The van der Waals surface area contributed by atoms with E-state index >= 15 is 0 Å². The van der Waals surface area contributed by atoms with Gasteiger partial charge in [0.1, 0.15) is 11.2 Å². The van der Waals surface area contributed by atoms with E-state index in [9.17, 15) is 19.2 Å². The fourth-order valence-corrected chi connectivity index (χ4v) is 3.08. The van der Waals surface area contributed by atoms with Crippen LogP contribution >= 0.6 is 0 Å². The molecule has 0 saturated carbocycles. The SMILES string of the molecule is O=C(COC(=O)c1cc2ccccc2o1)NCCNC(=O)COC(=O)c1cc2ccccc2o1. The molecule has 0 bridgehead atoms. The summed E-state index contributed by atoms with van der Waals surface area (Å²) in [5, 5.41) is 6.48. The Morgan fingerprint density at radius 2 is 1.06 bits per heavy atom. The number of carbonyl (C=O) groups excluding carboxylic acids is 4. The van der Waals surface area contributed by atoms with E-state index in [0.717, 1.165) is 10.8 Å². The number of esters is 2. The van der Waals surface area contributed by atoms with E-state index < -0.39 is 37.0 Å². The summed E-state index contributed by atoms with van der Waals surface area (Å²) in [6, 6.07) is 17.2. The summed E-state index contributed by atoms with van der Waals surface area (Å²) in [6.07, 6.45) is 0. The van der Waals surface area contributed by atoms with E-state index in [1.54, 1.807) is 36.4 Å². The van der Waals surface area contributed by atoms with E-state index in [1.807, 2.05) is 12.1 Å². The van der Waals surface area contributed by atoms with E-state index in [2.05, 4.69) is 10.6 Å². The third-order valence-electron chi connectivity index (χ3n) is 4.69. The second-order valence-electron chi connectivity index (χ2n) is 7.15. The van der Waals surface area contributed by atoms with Gasteiger partial charge in [-0.15, -0.1) is 0 Å². The number of ether oxygens (including phenoxy) is 2. The molecule has 0 saturated heterocycles. The molecule has 0 aliphatic carbocycles. The second kappa shape index (κ2) is 10.3. The molecule has 4 aromatic rings. The average molecular weight is 464 g/mol. The minimum atomic E-state index is -0.758. The molecule has 0 unspecified atom stereocenters. The molecule has 0 fully saturated rings. The standard InChI is InChI=1S/C24H20N2O8/c27-21(13-31-23(29)19-11-15-5-1-3-7-17(15)33-19)25-9-10-26-22(28)14-32-24(30)20-12-16-6-2-4-8-18(16)34-20/h1-8,11-12H,9-10,13-14H2,(H,25,27)(H,26,28). The Hall–Kier alpha value is -4.60. The van der Waals surface area contributed by atoms with Crippen molar-refractivity contribution in [1.82, 2.24) is 10.6 Å². The molecule has 0 spiro atoms. The molecular formula is C24H20N2O8. The number of nitrogens with one attached hydrogen (secondary N) is 2. The molecule has 0 aliphatic rings. The van der Waals surface area contributed by atoms with Crippen LogP contribution in [0.15, 0.2) is 69.5 Å². The van der Waals surface area contributed by atoms with Gasteiger partial charge in [0.25, 0.3) is 11.8 Å². The van der Waals surface area contributed by atoms with Crippen molar-refractivity contribution in [2.45, 2.75) is 0 Å². The highest BCUT2D eigenvalue weighted by Crippen LogP contribution is 2.20. The van der Waals surface area contributed by atoms with Crippen LogP contribution in [0.1, 0.15) is 21.1 Å². The van der Waals surface area contributed by atoms with Crippen molar-refractivity contribution in [1.29, 1.82) is 0 Å². The number of rotatable bonds is 9. The van der Waals surface area contributed by atoms with Gasteiger partial charge in [-0.25, -0.2) is 9.59 Å². The van der Waals surface area contributed by atoms with Crippen molar-refractivity contribution in [2.24, 2.45) is 0 Å². The van der Waals surface area contributed by atoms with E-state index in [0.29, 0.717) is 11.2 Å². The van der Waals surface area contributed by atoms with Crippen molar-refractivity contribution in [3.05, 3.63) is 72.2 Å². The summed E-state index contributed by atoms with van der Waals surface area (Å²) < 4.78 is 20.6. The highest BCUT2D eigenvalue weighted by Gasteiger charge is 2.16. The lowest BCUT2D eigenvalue weighted by atomic mass is 10.2. The van der Waals surface area contributed by atoms with Crippen LogP contribution in [0.2, 0.25) is 0 Å². The van der Waals surface area contributed by atoms with Gasteiger partial charge in [0.05, 0.1) is 0 Å². The summed E-state index contributed by atoms with van der Waals surface area (Å²) in [5.74, 6) is -2.61. The molecule has 2 heterocycles. The number of para-hydroxylation sites is 2. The summed E-state index contributed by atoms with van der Waals surface area (Å²) in [4.78, 5) is 47.7. The lowest BCUT2D eigenvalue weighted by molar-refractivity contribution is -0.125. The van der Waals surface area contributed by atoms with Gasteiger partial charge >= 0.3 is 11.9 Å². The van der Waals surface area contributed by atoms with Crippen LogP contribution in [0.25, 0.3) is 21.9 Å². The van der Waals surface area contributed by atoms with Crippen molar-refractivity contribution in [3.63, 3.8) is 0 Å². The highest BCUT2D eigenvalue weighted by molar-refractivity contribution is 5.94. The minimum Gasteiger partial charge on any atom is -0.450 e. The first-order valence-corrected chi connectivity index (χ1v) is 10.3. The molecule has 2 N–H and O–H groups in total. The number of hydrogen-bond donors (Lipinski definition) is 2. The number of hydrogen-bond acceptors (Lipinski definition) is 8. The van der Waals surface area contributed by atoms with Crippen molar-refractivity contribution >= 4 is 45.7 Å². The number of fused-ring (bicyclic) bond motifs is 2. The summed E-state index contributed by atoms with van der Waals surface area (Å²) in [7, 11) is 0. The first-order valence-electron chi connectivity index (χ1n) is 10.3. The normalized spacial score (nSPS) is 10.7. The van der Waals surface area contributed by atoms with Gasteiger partial charge < -0.3 is 28.9 Å². The van der Waals surface area contributed by atoms with Crippen molar-refractivity contribution < 1.29 is 37.5 Å². The molecule has 2 amide bonds. The summed E-state index contributed by atoms with van der Waals surface area (Å²) >= 11 is 0. The molecule has 0 atom stereocenters. The zero-order valence-electron chi connectivity index (χ0n) is 17.9. The van der Waals surface area contributed by atoms with Gasteiger partial charge in [-0.1, -0.05) is 36.4 Å². The van der Waals surface area contributed by atoms with Gasteiger partial charge in [0.2, 0.25) is 11.5 Å². The number of furan rings is 2. The summed E-state index contributed by atoms with van der Waals surface area (Å²) in [6.45, 7) is -0.827. The quantitative estimate of drug-likeness (QED) is 0.285. The van der Waals surface area contributed by atoms with Crippen LogP contribution in [-0.2, 0) is 19.1 Å².